The number of rotatable bonds is 7. The van der Waals surface area contributed by atoms with Gasteiger partial charge in [0.15, 0.2) is 0 Å². The number of halogens is 4. The van der Waals surface area contributed by atoms with Gasteiger partial charge in [0, 0.05) is 21.9 Å². The van der Waals surface area contributed by atoms with Crippen LogP contribution in [0.1, 0.15) is 32.7 Å². The molecular formula is C20H15Cl4NO6S. The molecule has 0 bridgehead atoms. The number of benzene rings is 2. The Labute approximate surface area is 204 Å². The Morgan fingerprint density at radius 1 is 0.969 bits per heavy atom. The highest BCUT2D eigenvalue weighted by molar-refractivity contribution is 7.90. The lowest BCUT2D eigenvalue weighted by Crippen LogP contribution is -2.46. The van der Waals surface area contributed by atoms with Gasteiger partial charge in [-0.2, -0.15) is 0 Å². The molecule has 0 fully saturated rings. The molecular weight excluding hydrogens is 524 g/mol. The molecule has 0 N–H and O–H groups in total. The number of amides is 2. The van der Waals surface area contributed by atoms with Crippen molar-refractivity contribution in [2.45, 2.75) is 19.1 Å². The molecule has 1 atom stereocenters. The van der Waals surface area contributed by atoms with Crippen LogP contribution in [-0.4, -0.2) is 49.2 Å². The molecule has 1 heterocycles. The topological polar surface area (TPSA) is 97.8 Å². The van der Waals surface area contributed by atoms with E-state index < -0.39 is 39.4 Å². The normalized spacial score (nSPS) is 14.5. The molecule has 0 saturated heterocycles. The van der Waals surface area contributed by atoms with Crippen molar-refractivity contribution in [1.29, 1.82) is 0 Å². The largest absolute Gasteiger partial charge is 0.459 e. The second kappa shape index (κ2) is 9.57. The minimum atomic E-state index is -3.51. The summed E-state index contributed by atoms with van der Waals surface area (Å²) in [5, 5.41) is 0.754. The zero-order chi connectivity index (χ0) is 23.8. The highest BCUT2D eigenvalue weighted by Gasteiger charge is 2.44. The molecule has 170 valence electrons. The summed E-state index contributed by atoms with van der Waals surface area (Å²) in [4.78, 5) is 39.4. The number of carbonyl (C=O) groups is 3. The number of hydrogen-bond donors (Lipinski definition) is 0. The maximum Gasteiger partial charge on any atom is 0.329 e. The fraction of sp³-hybridized carbons (Fsp3) is 0.250. The first-order chi connectivity index (χ1) is 14.9. The minimum absolute atomic E-state index is 0.0395. The molecule has 32 heavy (non-hydrogen) atoms. The molecule has 2 aromatic carbocycles. The van der Waals surface area contributed by atoms with Gasteiger partial charge in [0.1, 0.15) is 22.5 Å². The third-order valence-corrected chi connectivity index (χ3v) is 6.98. The van der Waals surface area contributed by atoms with E-state index in [4.69, 9.17) is 51.1 Å². The Kier molecular flexibility index (Phi) is 7.41. The first-order valence-corrected chi connectivity index (χ1v) is 12.6. The predicted molar refractivity (Wildman–Crippen MR) is 121 cm³/mol. The van der Waals surface area contributed by atoms with Crippen molar-refractivity contribution < 1.29 is 27.5 Å². The van der Waals surface area contributed by atoms with E-state index in [1.807, 2.05) is 0 Å². The van der Waals surface area contributed by atoms with E-state index in [2.05, 4.69) is 0 Å². The summed E-state index contributed by atoms with van der Waals surface area (Å²) in [6.45, 7) is -0.273. The average Bonchev–Trinajstić information content (AvgIpc) is 2.91. The highest BCUT2D eigenvalue weighted by Crippen LogP contribution is 2.33. The summed E-state index contributed by atoms with van der Waals surface area (Å²) >= 11 is 23.8. The number of carbonyl (C=O) groups excluding carboxylic acids is 3. The van der Waals surface area contributed by atoms with Gasteiger partial charge in [-0.05, 0) is 30.7 Å². The van der Waals surface area contributed by atoms with Crippen LogP contribution in [0, 0.1) is 0 Å². The molecule has 0 radical (unpaired) electrons. The Morgan fingerprint density at radius 3 is 2.03 bits per heavy atom. The summed E-state index contributed by atoms with van der Waals surface area (Å²) in [6.07, 6.45) is 0.629. The van der Waals surface area contributed by atoms with Crippen LogP contribution in [0.3, 0.4) is 0 Å². The Bertz CT molecular complexity index is 1190. The van der Waals surface area contributed by atoms with Crippen LogP contribution >= 0.6 is 46.4 Å². The second-order valence-corrected chi connectivity index (χ2v) is 11.0. The number of hydrogen-bond acceptors (Lipinski definition) is 6. The number of esters is 1. The molecule has 2 aromatic rings. The van der Waals surface area contributed by atoms with Crippen molar-refractivity contribution in [2.75, 3.05) is 12.0 Å². The third-order valence-electron chi connectivity index (χ3n) is 4.69. The van der Waals surface area contributed by atoms with Crippen molar-refractivity contribution in [3.8, 4) is 0 Å². The minimum Gasteiger partial charge on any atom is -0.459 e. The molecule has 0 aliphatic carbocycles. The first kappa shape index (κ1) is 24.8. The Morgan fingerprint density at radius 2 is 1.53 bits per heavy atom. The zero-order valence-electron chi connectivity index (χ0n) is 16.4. The summed E-state index contributed by atoms with van der Waals surface area (Å²) in [5.41, 5.74) is 0.358. The van der Waals surface area contributed by atoms with Crippen molar-refractivity contribution in [1.82, 2.24) is 4.90 Å². The van der Waals surface area contributed by atoms with Crippen LogP contribution in [0.25, 0.3) is 0 Å². The molecule has 2 amide bonds. The van der Waals surface area contributed by atoms with Gasteiger partial charge < -0.3 is 4.74 Å². The number of sulfone groups is 1. The van der Waals surface area contributed by atoms with E-state index in [0.29, 0.717) is 15.5 Å². The standard InChI is InChI=1S/C20H15Cl4NO6S/c1-32(29,30)5-4-17(20(28)31-9-10-2-3-11(21)6-14(10)22)25-18(26)12-7-15(23)16(24)8-13(12)19(25)27/h2-3,6-8,17H,4-5,9H2,1H3/t17-/m0/s1. The molecule has 7 nitrogen and oxygen atoms in total. The number of nitrogens with zero attached hydrogens (tertiary/aromatic N) is 1. The van der Waals surface area contributed by atoms with E-state index in [-0.39, 0.29) is 39.2 Å². The lowest BCUT2D eigenvalue weighted by atomic mass is 10.1. The van der Waals surface area contributed by atoms with E-state index >= 15 is 0 Å². The molecule has 1 aliphatic heterocycles. The van der Waals surface area contributed by atoms with Crippen LogP contribution in [0.4, 0.5) is 0 Å². The van der Waals surface area contributed by atoms with Crippen LogP contribution in [-0.2, 0) is 26.0 Å². The number of ether oxygens (including phenoxy) is 1. The molecule has 1 aliphatic rings. The smallest absolute Gasteiger partial charge is 0.329 e. The van der Waals surface area contributed by atoms with Crippen molar-refractivity contribution in [3.05, 3.63) is 67.1 Å². The SMILES string of the molecule is CS(=O)(=O)CC[C@@H](C(=O)OCc1ccc(Cl)cc1Cl)N1C(=O)c2cc(Cl)c(Cl)cc2C1=O. The van der Waals surface area contributed by atoms with E-state index in [1.165, 1.54) is 18.2 Å². The van der Waals surface area contributed by atoms with Gasteiger partial charge in [0.25, 0.3) is 11.8 Å². The summed E-state index contributed by atoms with van der Waals surface area (Å²) in [5.74, 6) is -3.03. The monoisotopic (exact) mass is 537 g/mol. The number of fused-ring (bicyclic) bond motifs is 1. The van der Waals surface area contributed by atoms with Gasteiger partial charge >= 0.3 is 5.97 Å². The van der Waals surface area contributed by atoms with Crippen molar-refractivity contribution in [3.63, 3.8) is 0 Å². The van der Waals surface area contributed by atoms with Gasteiger partial charge in [-0.25, -0.2) is 13.2 Å². The quantitative estimate of drug-likeness (QED) is 0.381. The number of imide groups is 1. The van der Waals surface area contributed by atoms with Gasteiger partial charge in [-0.15, -0.1) is 0 Å². The van der Waals surface area contributed by atoms with E-state index in [9.17, 15) is 22.8 Å². The van der Waals surface area contributed by atoms with Crippen LogP contribution in [0.5, 0.6) is 0 Å². The van der Waals surface area contributed by atoms with Crippen molar-refractivity contribution >= 4 is 74.0 Å². The maximum atomic E-state index is 12.9. The summed E-state index contributed by atoms with van der Waals surface area (Å²) in [6, 6.07) is 5.54. The fourth-order valence-corrected chi connectivity index (χ4v) is 4.54. The fourth-order valence-electron chi connectivity index (χ4n) is 3.10. The summed E-state index contributed by atoms with van der Waals surface area (Å²) < 4.78 is 28.7. The van der Waals surface area contributed by atoms with Crippen LogP contribution in [0.15, 0.2) is 30.3 Å². The predicted octanol–water partition coefficient (Wildman–Crippen LogP) is 4.44. The lowest BCUT2D eigenvalue weighted by molar-refractivity contribution is -0.149. The van der Waals surface area contributed by atoms with Gasteiger partial charge in [0.2, 0.25) is 0 Å². The first-order valence-electron chi connectivity index (χ1n) is 9.04. The van der Waals surface area contributed by atoms with E-state index in [0.717, 1.165) is 6.26 Å². The molecule has 0 unspecified atom stereocenters. The molecule has 0 saturated carbocycles. The van der Waals surface area contributed by atoms with Gasteiger partial charge in [-0.1, -0.05) is 52.5 Å². The second-order valence-electron chi connectivity index (χ2n) is 7.07. The molecule has 12 heteroatoms. The van der Waals surface area contributed by atoms with Gasteiger partial charge in [0.05, 0.1) is 26.9 Å². The van der Waals surface area contributed by atoms with Crippen LogP contribution in [0.2, 0.25) is 20.1 Å². The van der Waals surface area contributed by atoms with Crippen LogP contribution < -0.4 is 0 Å². The lowest BCUT2D eigenvalue weighted by Gasteiger charge is -2.24. The zero-order valence-corrected chi connectivity index (χ0v) is 20.2. The molecule has 3 rings (SSSR count). The molecule has 0 aromatic heterocycles. The third kappa shape index (κ3) is 5.38. The average molecular weight is 539 g/mol. The van der Waals surface area contributed by atoms with Gasteiger partial charge in [-0.3, -0.25) is 14.5 Å². The van der Waals surface area contributed by atoms with E-state index in [1.54, 1.807) is 12.1 Å². The maximum absolute atomic E-state index is 12.9. The summed E-state index contributed by atoms with van der Waals surface area (Å²) in [7, 11) is -3.51. The highest BCUT2D eigenvalue weighted by atomic mass is 35.5. The Balaban J connectivity index is 1.89. The Hall–Kier alpha value is -1.84. The van der Waals surface area contributed by atoms with Crippen molar-refractivity contribution in [2.24, 2.45) is 0 Å². The molecule has 0 spiro atoms.